The van der Waals surface area contributed by atoms with Crippen LogP contribution in [0.5, 0.6) is 0 Å². The number of aryl methyl sites for hydroxylation is 2. The molecule has 0 aliphatic rings. The third-order valence-electron chi connectivity index (χ3n) is 3.29. The molecule has 1 atom stereocenters. The number of halogens is 2. The van der Waals surface area contributed by atoms with Crippen LogP contribution in [0.15, 0.2) is 36.4 Å². The van der Waals surface area contributed by atoms with Crippen LogP contribution in [0.1, 0.15) is 28.3 Å². The summed E-state index contributed by atoms with van der Waals surface area (Å²) in [5, 5.41) is 0. The smallest absolute Gasteiger partial charge is 0.163 e. The van der Waals surface area contributed by atoms with Gasteiger partial charge in [0.05, 0.1) is 6.04 Å². The number of hydrogen-bond donors (Lipinski definition) is 2. The highest BCUT2D eigenvalue weighted by Crippen LogP contribution is 2.29. The average molecular weight is 262 g/mol. The second kappa shape index (κ2) is 5.47. The minimum Gasteiger partial charge on any atom is -0.271 e. The van der Waals surface area contributed by atoms with Crippen LogP contribution < -0.4 is 11.3 Å². The second-order valence-electron chi connectivity index (χ2n) is 4.55. The van der Waals surface area contributed by atoms with E-state index in [0.29, 0.717) is 0 Å². The third kappa shape index (κ3) is 2.50. The van der Waals surface area contributed by atoms with Crippen molar-refractivity contribution in [3.8, 4) is 0 Å². The maximum Gasteiger partial charge on any atom is 0.163 e. The van der Waals surface area contributed by atoms with Crippen molar-refractivity contribution in [3.05, 3.63) is 70.3 Å². The summed E-state index contributed by atoms with van der Waals surface area (Å²) in [5.41, 5.74) is 5.61. The molecule has 1 unspecified atom stereocenters. The van der Waals surface area contributed by atoms with Crippen molar-refractivity contribution in [3.63, 3.8) is 0 Å². The van der Waals surface area contributed by atoms with Crippen LogP contribution in [-0.2, 0) is 0 Å². The first-order chi connectivity index (χ1) is 9.06. The van der Waals surface area contributed by atoms with Crippen LogP contribution in [-0.4, -0.2) is 0 Å². The fraction of sp³-hybridized carbons (Fsp3) is 0.200. The van der Waals surface area contributed by atoms with Gasteiger partial charge in [0.2, 0.25) is 0 Å². The van der Waals surface area contributed by atoms with Crippen LogP contribution in [0.4, 0.5) is 8.78 Å². The van der Waals surface area contributed by atoms with Gasteiger partial charge in [-0.15, -0.1) is 0 Å². The van der Waals surface area contributed by atoms with Crippen molar-refractivity contribution >= 4 is 0 Å². The standard InChI is InChI=1S/C15H16F2N2/c1-9-5-3-6-10(2)13(9)15(19-18)11-7-4-8-12(16)14(11)17/h3-8,15,19H,18H2,1-2H3. The van der Waals surface area contributed by atoms with Crippen LogP contribution in [0.25, 0.3) is 0 Å². The SMILES string of the molecule is Cc1cccc(C)c1C(NN)c1cccc(F)c1F. The first-order valence-electron chi connectivity index (χ1n) is 6.02. The number of rotatable bonds is 3. The molecule has 0 spiro atoms. The highest BCUT2D eigenvalue weighted by molar-refractivity contribution is 5.42. The molecule has 0 heterocycles. The number of hydrogen-bond acceptors (Lipinski definition) is 2. The van der Waals surface area contributed by atoms with Crippen molar-refractivity contribution in [2.75, 3.05) is 0 Å². The zero-order valence-electron chi connectivity index (χ0n) is 10.9. The van der Waals surface area contributed by atoms with Crippen molar-refractivity contribution in [2.24, 2.45) is 5.84 Å². The minimum atomic E-state index is -0.871. The molecular formula is C15H16F2N2. The monoisotopic (exact) mass is 262 g/mol. The molecule has 3 N–H and O–H groups in total. The summed E-state index contributed by atoms with van der Waals surface area (Å²) in [7, 11) is 0. The first-order valence-corrected chi connectivity index (χ1v) is 6.02. The fourth-order valence-electron chi connectivity index (χ4n) is 2.35. The molecule has 19 heavy (non-hydrogen) atoms. The Balaban J connectivity index is 2.60. The highest BCUT2D eigenvalue weighted by Gasteiger charge is 2.21. The molecule has 4 heteroatoms. The van der Waals surface area contributed by atoms with Gasteiger partial charge in [-0.3, -0.25) is 5.84 Å². The molecule has 0 saturated heterocycles. The van der Waals surface area contributed by atoms with E-state index in [9.17, 15) is 8.78 Å². The number of hydrazine groups is 1. The molecule has 0 aromatic heterocycles. The lowest BCUT2D eigenvalue weighted by molar-refractivity contribution is 0.482. The van der Waals surface area contributed by atoms with E-state index in [0.717, 1.165) is 22.8 Å². The molecule has 2 nitrogen and oxygen atoms in total. The van der Waals surface area contributed by atoms with Crippen molar-refractivity contribution < 1.29 is 8.78 Å². The Morgan fingerprint density at radius 3 is 2.16 bits per heavy atom. The Labute approximate surface area is 111 Å². The minimum absolute atomic E-state index is 0.208. The molecule has 0 radical (unpaired) electrons. The Hall–Kier alpha value is -1.78. The van der Waals surface area contributed by atoms with Gasteiger partial charge in [-0.25, -0.2) is 14.2 Å². The van der Waals surface area contributed by atoms with Crippen molar-refractivity contribution in [2.45, 2.75) is 19.9 Å². The summed E-state index contributed by atoms with van der Waals surface area (Å²) in [5.74, 6) is 3.82. The molecule has 0 aliphatic carbocycles. The predicted molar refractivity (Wildman–Crippen MR) is 71.4 cm³/mol. The van der Waals surface area contributed by atoms with Crippen LogP contribution in [0, 0.1) is 25.5 Å². The quantitative estimate of drug-likeness (QED) is 0.658. The van der Waals surface area contributed by atoms with Crippen molar-refractivity contribution in [1.29, 1.82) is 0 Å². The van der Waals surface area contributed by atoms with Gasteiger partial charge in [0.15, 0.2) is 11.6 Å². The zero-order chi connectivity index (χ0) is 14.0. The molecule has 100 valence electrons. The predicted octanol–water partition coefficient (Wildman–Crippen LogP) is 3.13. The van der Waals surface area contributed by atoms with Gasteiger partial charge in [0, 0.05) is 5.56 Å². The highest BCUT2D eigenvalue weighted by atomic mass is 19.2. The molecule has 0 fully saturated rings. The third-order valence-corrected chi connectivity index (χ3v) is 3.29. The molecule has 0 amide bonds. The molecule has 0 aliphatic heterocycles. The Morgan fingerprint density at radius 1 is 1.00 bits per heavy atom. The van der Waals surface area contributed by atoms with Gasteiger partial charge >= 0.3 is 0 Å². The summed E-state index contributed by atoms with van der Waals surface area (Å²) >= 11 is 0. The summed E-state index contributed by atoms with van der Waals surface area (Å²) in [4.78, 5) is 0. The van der Waals surface area contributed by atoms with Crippen LogP contribution in [0.2, 0.25) is 0 Å². The molecule has 2 aromatic rings. The van der Waals surface area contributed by atoms with Crippen LogP contribution >= 0.6 is 0 Å². The van der Waals surface area contributed by atoms with E-state index in [1.807, 2.05) is 32.0 Å². The topological polar surface area (TPSA) is 38.0 Å². The second-order valence-corrected chi connectivity index (χ2v) is 4.55. The van der Waals surface area contributed by atoms with E-state index in [-0.39, 0.29) is 5.56 Å². The molecular weight excluding hydrogens is 246 g/mol. The van der Waals surface area contributed by atoms with Gasteiger partial charge < -0.3 is 0 Å². The van der Waals surface area contributed by atoms with Crippen molar-refractivity contribution in [1.82, 2.24) is 5.43 Å². The van der Waals surface area contributed by atoms with E-state index >= 15 is 0 Å². The molecule has 2 rings (SSSR count). The molecule has 2 aromatic carbocycles. The van der Waals surface area contributed by atoms with E-state index < -0.39 is 17.7 Å². The first kappa shape index (κ1) is 13.6. The van der Waals surface area contributed by atoms with E-state index in [2.05, 4.69) is 5.43 Å². The van der Waals surface area contributed by atoms with E-state index in [1.165, 1.54) is 12.1 Å². The van der Waals surface area contributed by atoms with E-state index in [1.54, 1.807) is 0 Å². The normalized spacial score (nSPS) is 12.5. The zero-order valence-corrected chi connectivity index (χ0v) is 10.9. The summed E-state index contributed by atoms with van der Waals surface area (Å²) in [6, 6.07) is 9.30. The Morgan fingerprint density at radius 2 is 1.58 bits per heavy atom. The number of nitrogens with one attached hydrogen (secondary N) is 1. The molecule has 0 saturated carbocycles. The summed E-state index contributed by atoms with van der Waals surface area (Å²) in [6.07, 6.45) is 0. The Kier molecular flexibility index (Phi) is 3.93. The van der Waals surface area contributed by atoms with Gasteiger partial charge in [-0.2, -0.15) is 0 Å². The van der Waals surface area contributed by atoms with Gasteiger partial charge in [0.1, 0.15) is 0 Å². The lowest BCUT2D eigenvalue weighted by atomic mass is 9.91. The maximum absolute atomic E-state index is 13.9. The maximum atomic E-state index is 13.9. The van der Waals surface area contributed by atoms with E-state index in [4.69, 9.17) is 5.84 Å². The fourth-order valence-corrected chi connectivity index (χ4v) is 2.35. The number of nitrogens with two attached hydrogens (primary N) is 1. The van der Waals surface area contributed by atoms with Crippen LogP contribution in [0.3, 0.4) is 0 Å². The lowest BCUT2D eigenvalue weighted by Crippen LogP contribution is -2.30. The summed E-state index contributed by atoms with van der Waals surface area (Å²) < 4.78 is 27.3. The van der Waals surface area contributed by atoms with Gasteiger partial charge in [-0.05, 0) is 36.6 Å². The average Bonchev–Trinajstić information content (AvgIpc) is 2.38. The Bertz CT molecular complexity index is 576. The largest absolute Gasteiger partial charge is 0.271 e. The van der Waals surface area contributed by atoms with Gasteiger partial charge in [0.25, 0.3) is 0 Å². The molecule has 0 bridgehead atoms. The van der Waals surface area contributed by atoms with Gasteiger partial charge in [-0.1, -0.05) is 30.3 Å². The number of benzene rings is 2. The lowest BCUT2D eigenvalue weighted by Gasteiger charge is -2.21. The summed E-state index contributed by atoms with van der Waals surface area (Å²) in [6.45, 7) is 3.84.